The first kappa shape index (κ1) is 18.6. The Morgan fingerprint density at radius 2 is 1.79 bits per heavy atom. The van der Waals surface area contributed by atoms with Crippen LogP contribution in [0.15, 0.2) is 47.5 Å². The molecule has 1 amide bonds. The van der Waals surface area contributed by atoms with Crippen LogP contribution >= 0.6 is 0 Å². The molecule has 28 heavy (non-hydrogen) atoms. The van der Waals surface area contributed by atoms with E-state index in [0.29, 0.717) is 5.56 Å². The molecule has 2 aromatic rings. The van der Waals surface area contributed by atoms with Gasteiger partial charge >= 0.3 is 0 Å². The van der Waals surface area contributed by atoms with Crippen molar-refractivity contribution in [3.8, 4) is 0 Å². The monoisotopic (exact) mass is 384 g/mol. The third kappa shape index (κ3) is 2.77. The molecule has 2 aromatic carbocycles. The molecule has 2 atom stereocenters. The smallest absolute Gasteiger partial charge is 0.239 e. The summed E-state index contributed by atoms with van der Waals surface area (Å²) in [7, 11) is 1.53. The van der Waals surface area contributed by atoms with Gasteiger partial charge in [0.05, 0.1) is 5.92 Å². The average molecular weight is 384 g/mol. The lowest BCUT2D eigenvalue weighted by atomic mass is 9.74. The lowest BCUT2D eigenvalue weighted by Crippen LogP contribution is -2.52. The molecule has 1 heterocycles. The summed E-state index contributed by atoms with van der Waals surface area (Å²) in [4.78, 5) is 18.9. The Morgan fingerprint density at radius 3 is 2.36 bits per heavy atom. The number of carbonyl (C=O) groups is 1. The zero-order chi connectivity index (χ0) is 20.3. The van der Waals surface area contributed by atoms with Gasteiger partial charge in [0.2, 0.25) is 5.91 Å². The fourth-order valence-corrected chi connectivity index (χ4v) is 3.94. The molecular weight excluding hydrogens is 362 g/mol. The van der Waals surface area contributed by atoms with Crippen LogP contribution in [-0.4, -0.2) is 23.8 Å². The van der Waals surface area contributed by atoms with Crippen molar-refractivity contribution in [3.05, 3.63) is 70.8 Å². The second-order valence-corrected chi connectivity index (χ2v) is 7.85. The molecule has 1 aliphatic carbocycles. The number of nitrogens with zero attached hydrogens (tertiary/aromatic N) is 2. The van der Waals surface area contributed by atoms with Crippen molar-refractivity contribution >= 4 is 11.9 Å². The van der Waals surface area contributed by atoms with Crippen LogP contribution in [0.5, 0.6) is 0 Å². The molecule has 1 aliphatic heterocycles. The number of carbonyl (C=O) groups excluding carboxylic acids is 1. The van der Waals surface area contributed by atoms with Crippen LogP contribution in [0, 0.1) is 11.6 Å². The van der Waals surface area contributed by atoms with E-state index in [1.807, 2.05) is 24.3 Å². The van der Waals surface area contributed by atoms with E-state index < -0.39 is 23.1 Å². The number of halogens is 2. The third-order valence-corrected chi connectivity index (χ3v) is 5.91. The highest BCUT2D eigenvalue weighted by molar-refractivity contribution is 6.02. The third-order valence-electron chi connectivity index (χ3n) is 5.91. The van der Waals surface area contributed by atoms with E-state index in [1.54, 1.807) is 6.92 Å². The summed E-state index contributed by atoms with van der Waals surface area (Å²) in [6.07, 6.45) is 1.85. The Hall–Kier alpha value is -2.80. The van der Waals surface area contributed by atoms with Crippen LogP contribution in [0.2, 0.25) is 0 Å². The van der Waals surface area contributed by atoms with Gasteiger partial charge in [0.25, 0.3) is 0 Å². The van der Waals surface area contributed by atoms with Crippen molar-refractivity contribution in [3.63, 3.8) is 0 Å². The fourth-order valence-electron chi connectivity index (χ4n) is 3.94. The topological polar surface area (TPSA) is 84.7 Å². The number of guanidine groups is 1. The number of nitrogens with two attached hydrogens (primary N) is 2. The summed E-state index contributed by atoms with van der Waals surface area (Å²) in [5, 5.41) is 0. The van der Waals surface area contributed by atoms with Gasteiger partial charge in [-0.25, -0.2) is 13.8 Å². The van der Waals surface area contributed by atoms with Crippen LogP contribution in [-0.2, 0) is 15.9 Å². The number of hydrogen-bond donors (Lipinski definition) is 2. The van der Waals surface area contributed by atoms with Crippen LogP contribution in [0.1, 0.15) is 42.4 Å². The van der Waals surface area contributed by atoms with Crippen LogP contribution in [0.4, 0.5) is 8.78 Å². The molecule has 0 aromatic heterocycles. The number of benzene rings is 2. The number of rotatable bonds is 3. The van der Waals surface area contributed by atoms with Crippen molar-refractivity contribution in [1.82, 2.24) is 4.90 Å². The van der Waals surface area contributed by atoms with E-state index >= 15 is 0 Å². The Kier molecular flexibility index (Phi) is 4.04. The number of hydrogen-bond acceptors (Lipinski definition) is 4. The van der Waals surface area contributed by atoms with E-state index in [0.717, 1.165) is 30.5 Å². The van der Waals surface area contributed by atoms with Crippen molar-refractivity contribution in [2.24, 2.45) is 16.5 Å². The lowest BCUT2D eigenvalue weighted by molar-refractivity contribution is -0.130. The molecule has 2 aliphatic rings. The molecule has 5 nitrogen and oxygen atoms in total. The molecular formula is C21H22F2N4O. The first-order chi connectivity index (χ1) is 13.2. The van der Waals surface area contributed by atoms with Gasteiger partial charge in [0.1, 0.15) is 17.2 Å². The van der Waals surface area contributed by atoms with Crippen LogP contribution in [0.3, 0.4) is 0 Å². The van der Waals surface area contributed by atoms with Gasteiger partial charge in [0.15, 0.2) is 5.96 Å². The molecule has 146 valence electrons. The normalized spacial score (nSPS) is 26.2. The molecule has 0 bridgehead atoms. The van der Waals surface area contributed by atoms with E-state index in [-0.39, 0.29) is 23.0 Å². The van der Waals surface area contributed by atoms with Gasteiger partial charge in [0, 0.05) is 24.2 Å². The molecule has 1 fully saturated rings. The minimum Gasteiger partial charge on any atom is -0.369 e. The summed E-state index contributed by atoms with van der Waals surface area (Å²) in [5.74, 6) is -2.59. The Morgan fingerprint density at radius 1 is 1.14 bits per heavy atom. The van der Waals surface area contributed by atoms with Gasteiger partial charge in [-0.05, 0) is 37.0 Å². The van der Waals surface area contributed by atoms with Gasteiger partial charge in [-0.15, -0.1) is 0 Å². The van der Waals surface area contributed by atoms with Crippen LogP contribution in [0.25, 0.3) is 0 Å². The minimum absolute atomic E-state index is 0.0111. The molecule has 4 N–H and O–H groups in total. The summed E-state index contributed by atoms with van der Waals surface area (Å²) in [5.41, 5.74) is 12.4. The molecule has 4 rings (SSSR count). The van der Waals surface area contributed by atoms with Gasteiger partial charge < -0.3 is 11.5 Å². The van der Waals surface area contributed by atoms with E-state index in [9.17, 15) is 13.6 Å². The van der Waals surface area contributed by atoms with E-state index in [4.69, 9.17) is 11.5 Å². The standard InChI is InChI=1S/C21H22F2N4O/c1-20(15-8-7-14(22)11-16(15)23)17(18(28)27(2)19(24)26-20)12-3-5-13(6-4-12)21(25)9-10-21/h3-8,11,17H,9-10,25H2,1-2H3,(H2,24,26)/t17-,20+/m0/s1. The molecule has 0 spiro atoms. The zero-order valence-corrected chi connectivity index (χ0v) is 15.7. The summed E-state index contributed by atoms with van der Waals surface area (Å²) >= 11 is 0. The number of likely N-dealkylation sites (N-methyl/N-ethyl adjacent to an activating group) is 1. The van der Waals surface area contributed by atoms with E-state index in [2.05, 4.69) is 4.99 Å². The quantitative estimate of drug-likeness (QED) is 0.853. The maximum Gasteiger partial charge on any atom is 0.239 e. The maximum atomic E-state index is 14.7. The highest BCUT2D eigenvalue weighted by Gasteiger charge is 2.48. The number of amides is 1. The molecule has 7 heteroatoms. The Labute approximate surface area is 162 Å². The average Bonchev–Trinajstić information content (AvgIpc) is 3.39. The van der Waals surface area contributed by atoms with Gasteiger partial charge in [-0.3, -0.25) is 9.69 Å². The predicted molar refractivity (Wildman–Crippen MR) is 102 cm³/mol. The highest BCUT2D eigenvalue weighted by Crippen LogP contribution is 2.46. The summed E-state index contributed by atoms with van der Waals surface area (Å²) in [6.45, 7) is 1.64. The zero-order valence-electron chi connectivity index (χ0n) is 15.7. The first-order valence-electron chi connectivity index (χ1n) is 9.13. The summed E-state index contributed by atoms with van der Waals surface area (Å²) in [6, 6.07) is 10.7. The van der Waals surface area contributed by atoms with Crippen molar-refractivity contribution in [1.29, 1.82) is 0 Å². The molecule has 1 saturated carbocycles. The molecule has 0 unspecified atom stereocenters. The largest absolute Gasteiger partial charge is 0.369 e. The first-order valence-corrected chi connectivity index (χ1v) is 9.13. The van der Waals surface area contributed by atoms with E-state index in [1.165, 1.54) is 18.0 Å². The SMILES string of the molecule is CN1C(=O)[C@H](c2ccc(C3(N)CC3)cc2)[C@@](C)(c2ccc(F)cc2F)N=C1N. The van der Waals surface area contributed by atoms with Crippen molar-refractivity contribution < 1.29 is 13.6 Å². The van der Waals surface area contributed by atoms with Gasteiger partial charge in [-0.2, -0.15) is 0 Å². The minimum atomic E-state index is -1.31. The maximum absolute atomic E-state index is 14.7. The predicted octanol–water partition coefficient (Wildman–Crippen LogP) is 2.70. The fraction of sp³-hybridized carbons (Fsp3) is 0.333. The lowest BCUT2D eigenvalue weighted by Gasteiger charge is -2.41. The Bertz CT molecular complexity index is 984. The van der Waals surface area contributed by atoms with Crippen molar-refractivity contribution in [2.75, 3.05) is 7.05 Å². The Balaban J connectivity index is 1.85. The summed E-state index contributed by atoms with van der Waals surface area (Å²) < 4.78 is 28.1. The van der Waals surface area contributed by atoms with Crippen molar-refractivity contribution in [2.45, 2.75) is 36.8 Å². The second-order valence-electron chi connectivity index (χ2n) is 7.85. The second kappa shape index (κ2) is 6.10. The van der Waals surface area contributed by atoms with Gasteiger partial charge in [-0.1, -0.05) is 30.3 Å². The molecule has 0 radical (unpaired) electrons. The highest BCUT2D eigenvalue weighted by atomic mass is 19.1. The molecule has 0 saturated heterocycles. The number of aliphatic imine (C=N–C) groups is 1. The van der Waals surface area contributed by atoms with Crippen LogP contribution < -0.4 is 11.5 Å².